The van der Waals surface area contributed by atoms with Crippen molar-refractivity contribution >= 4 is 141 Å². The maximum atomic E-state index is 15.0. The van der Waals surface area contributed by atoms with Gasteiger partial charge in [-0.1, -0.05) is 76.2 Å². The minimum atomic E-state index is -2.08. The van der Waals surface area contributed by atoms with E-state index in [4.69, 9.17) is 45.9 Å². The minimum absolute atomic E-state index is 0.0124. The first-order valence-electron chi connectivity index (χ1n) is 38.6. The van der Waals surface area contributed by atoms with Crippen LogP contribution in [0.3, 0.4) is 0 Å². The van der Waals surface area contributed by atoms with Crippen LogP contribution >= 0.6 is 11.8 Å². The lowest BCUT2D eigenvalue weighted by Crippen LogP contribution is -2.62. The number of carboxylic acid groups (broad SMARTS) is 1. The number of thioether (sulfide) groups is 1. The van der Waals surface area contributed by atoms with Crippen LogP contribution in [0.15, 0.2) is 70.8 Å². The standard InChI is InChI=1S/C75H116N24O20S/c1-36(2)30-50(68(114)91-49(26-29-120-8)67(113)96-53(33-57(78)104)72(118)99-60(39(6)100)61(79)107)93-69(115)52(32-42-35-86-44-19-13-12-18-43(42)44)95-66(112)48(23-25-56(77)103)92-73(119)59(37(3)4)98-71(117)51(31-41-16-10-9-11-17-41)94-70(116)54(34-58(105)106)97-65(111)47(22-24-55(76)102)89-62(108)38(5)87-63(109)46(21-15-28-85-75(82)83)90-64(110)45(88-40(7)101)20-14-27-84-74(80)81/h9-13,16-19,35-39,45-54,59-60,86,100H,14-15,20-34H2,1-8H3,(H2,76,102)(H2,77,103)(H2,78,104)(H2,79,107)(H,87,109)(H,88,101)(H,89,108)(H,90,110)(H,91,114)(H,92,119)(H,93,115)(H,94,116)(H,95,112)(H,96,113)(H,97,111)(H,98,117)(H,99,118)(H,105,106)(H4,80,81,84)(H4,82,83,85)/t38-,39+,45-,46-,47-,48-,49-,50-,51-,52-,53-,54-,59-,60-/m0/s1. The van der Waals surface area contributed by atoms with Gasteiger partial charge in [0.25, 0.3) is 0 Å². The first kappa shape index (κ1) is 101. The van der Waals surface area contributed by atoms with Crippen molar-refractivity contribution < 1.29 is 96.5 Å². The van der Waals surface area contributed by atoms with Crippen LogP contribution in [0.4, 0.5) is 0 Å². The summed E-state index contributed by atoms with van der Waals surface area (Å²) in [6.45, 7) is 9.97. The zero-order valence-electron chi connectivity index (χ0n) is 68.2. The number of primary amides is 4. The Bertz CT molecular complexity index is 4140. The quantitative estimate of drug-likeness (QED) is 0.0142. The number of aromatic amines is 1. The van der Waals surface area contributed by atoms with Crippen LogP contribution in [-0.4, -0.2) is 243 Å². The Morgan fingerprint density at radius 1 is 0.425 bits per heavy atom. The second kappa shape index (κ2) is 51.5. The van der Waals surface area contributed by atoms with Crippen molar-refractivity contribution in [3.63, 3.8) is 0 Å². The highest BCUT2D eigenvalue weighted by molar-refractivity contribution is 7.98. The average Bonchev–Trinajstić information content (AvgIpc) is 1.59. The molecule has 3 rings (SSSR count). The molecule has 120 heavy (non-hydrogen) atoms. The number of hydrogen-bond donors (Lipinski definition) is 24. The minimum Gasteiger partial charge on any atom is -0.481 e. The lowest BCUT2D eigenvalue weighted by molar-refractivity contribution is -0.141. The van der Waals surface area contributed by atoms with Gasteiger partial charge < -0.3 is 130 Å². The predicted octanol–water partition coefficient (Wildman–Crippen LogP) is -7.40. The van der Waals surface area contributed by atoms with Crippen molar-refractivity contribution in [2.45, 2.75) is 223 Å². The van der Waals surface area contributed by atoms with E-state index in [1.165, 1.54) is 32.5 Å². The van der Waals surface area contributed by atoms with Crippen molar-refractivity contribution in [3.05, 3.63) is 71.9 Å². The third-order valence-electron chi connectivity index (χ3n) is 18.2. The Morgan fingerprint density at radius 2 is 0.825 bits per heavy atom. The number of nitrogens with zero attached hydrogens (tertiary/aromatic N) is 2. The summed E-state index contributed by atoms with van der Waals surface area (Å²) in [4.78, 5) is 257. The largest absolute Gasteiger partial charge is 0.481 e. The van der Waals surface area contributed by atoms with E-state index in [9.17, 15) is 91.7 Å². The Morgan fingerprint density at radius 3 is 1.30 bits per heavy atom. The smallest absolute Gasteiger partial charge is 0.305 e. The van der Waals surface area contributed by atoms with Crippen LogP contribution in [-0.2, 0) is 99.1 Å². The zero-order valence-corrected chi connectivity index (χ0v) is 69.0. The number of hydrogen-bond acceptors (Lipinski definition) is 22. The molecule has 0 aliphatic rings. The van der Waals surface area contributed by atoms with Gasteiger partial charge in [0.1, 0.15) is 78.5 Å². The molecule has 0 unspecified atom stereocenters. The molecule has 0 saturated carbocycles. The molecular weight excluding hydrogens is 1590 g/mol. The molecule has 0 saturated heterocycles. The number of nitrogens with one attached hydrogen (secondary N) is 14. The number of aliphatic hydroxyl groups excluding tert-OH is 1. The molecule has 0 fully saturated rings. The summed E-state index contributed by atoms with van der Waals surface area (Å²) in [6, 6.07) is -6.33. The number of carbonyl (C=O) groups is 18. The van der Waals surface area contributed by atoms with Gasteiger partial charge in [0.2, 0.25) is 100 Å². The third-order valence-corrected chi connectivity index (χ3v) is 18.9. The number of amides is 17. The lowest BCUT2D eigenvalue weighted by Gasteiger charge is -2.29. The number of aliphatic hydroxyl groups is 1. The van der Waals surface area contributed by atoms with Crippen LogP contribution in [0.25, 0.3) is 10.9 Å². The van der Waals surface area contributed by atoms with Gasteiger partial charge >= 0.3 is 5.97 Å². The molecule has 3 aromatic rings. The van der Waals surface area contributed by atoms with E-state index >= 15 is 4.79 Å². The van der Waals surface area contributed by atoms with Gasteiger partial charge in [0.05, 0.1) is 18.9 Å². The van der Waals surface area contributed by atoms with Crippen molar-refractivity contribution in [3.8, 4) is 0 Å². The molecule has 44 nitrogen and oxygen atoms in total. The number of benzene rings is 2. The monoisotopic (exact) mass is 1700 g/mol. The molecule has 32 N–H and O–H groups in total. The zero-order chi connectivity index (χ0) is 90.2. The van der Waals surface area contributed by atoms with Crippen LogP contribution in [0.2, 0.25) is 0 Å². The fraction of sp³-hybridized carbons (Fsp3) is 0.547. The lowest BCUT2D eigenvalue weighted by atomic mass is 9.99. The molecule has 0 spiro atoms. The first-order valence-corrected chi connectivity index (χ1v) is 39.9. The van der Waals surface area contributed by atoms with E-state index in [2.05, 4.69) is 84.1 Å². The fourth-order valence-corrected chi connectivity index (χ4v) is 12.5. The van der Waals surface area contributed by atoms with E-state index in [0.29, 0.717) is 22.0 Å². The van der Waals surface area contributed by atoms with Gasteiger partial charge in [-0.25, -0.2) is 0 Å². The summed E-state index contributed by atoms with van der Waals surface area (Å²) < 4.78 is 0. The number of carbonyl (C=O) groups excluding carboxylic acids is 17. The second-order valence-corrected chi connectivity index (χ2v) is 30.2. The van der Waals surface area contributed by atoms with Crippen LogP contribution in [0.1, 0.15) is 137 Å². The molecule has 1 heterocycles. The van der Waals surface area contributed by atoms with Crippen LogP contribution < -0.4 is 115 Å². The van der Waals surface area contributed by atoms with Gasteiger partial charge in [-0.05, 0) is 106 Å². The summed E-state index contributed by atoms with van der Waals surface area (Å²) in [5.74, 6) is -20.7. The highest BCUT2D eigenvalue weighted by atomic mass is 32.2. The number of fused-ring (bicyclic) bond motifs is 1. The van der Waals surface area contributed by atoms with Crippen molar-refractivity contribution in [1.29, 1.82) is 0 Å². The number of aliphatic carboxylic acids is 1. The predicted molar refractivity (Wildman–Crippen MR) is 440 cm³/mol. The molecule has 45 heteroatoms. The molecule has 0 bridgehead atoms. The summed E-state index contributed by atoms with van der Waals surface area (Å²) >= 11 is 1.27. The number of aliphatic imine (C=N–C) groups is 2. The van der Waals surface area contributed by atoms with E-state index in [1.54, 1.807) is 80.9 Å². The van der Waals surface area contributed by atoms with E-state index in [0.717, 1.165) is 13.8 Å². The number of para-hydroxylation sites is 1. The number of rotatable bonds is 55. The average molecular weight is 1710 g/mol. The number of nitrogens with two attached hydrogens (primary N) is 8. The second-order valence-electron chi connectivity index (χ2n) is 29.2. The number of H-pyrrole nitrogens is 1. The molecule has 14 atom stereocenters. The van der Waals surface area contributed by atoms with E-state index < -0.39 is 235 Å². The Balaban J connectivity index is 2.03. The topological polar surface area (TPSA) is 753 Å². The Labute approximate surface area is 696 Å². The fourth-order valence-electron chi connectivity index (χ4n) is 12.0. The number of carboxylic acids is 1. The molecule has 17 amide bonds. The molecular formula is C75H116N24O20S. The maximum Gasteiger partial charge on any atom is 0.305 e. The van der Waals surface area contributed by atoms with Crippen molar-refractivity contribution in [1.82, 2.24) is 74.1 Å². The van der Waals surface area contributed by atoms with Gasteiger partial charge in [0, 0.05) is 62.8 Å². The van der Waals surface area contributed by atoms with E-state index in [1.807, 2.05) is 0 Å². The van der Waals surface area contributed by atoms with Crippen molar-refractivity contribution in [2.24, 2.45) is 67.7 Å². The molecule has 2 aromatic carbocycles. The molecule has 662 valence electrons. The summed E-state index contributed by atoms with van der Waals surface area (Å²) in [5.41, 5.74) is 45.0. The summed E-state index contributed by atoms with van der Waals surface area (Å²) in [7, 11) is 0. The SMILES string of the molecule is CSCC[C@H](NC(=O)[C@H](CC(C)C)NC(=O)[C@H](Cc1c[nH]c2ccccc12)NC(=O)[C@H](CCC(N)=O)NC(=O)[C@@H](NC(=O)[C@H](Cc1ccccc1)NC(=O)[C@H](CC(=O)O)NC(=O)[C@H](CCC(N)=O)NC(=O)[C@H](C)NC(=O)[C@H](CCCN=C(N)N)NC(=O)[C@H](CCCN=C(N)N)NC(C)=O)C(C)C)C(=O)N[C@@H](CC(N)=O)C(=O)N[C@H](C(N)=O)[C@@H](C)O. The Hall–Kier alpha value is -12.7. The van der Waals surface area contributed by atoms with Gasteiger partial charge in [-0.2, -0.15) is 11.8 Å². The normalized spacial score (nSPS) is 14.6. The first-order chi connectivity index (χ1) is 56.4. The highest BCUT2D eigenvalue weighted by Gasteiger charge is 2.39. The van der Waals surface area contributed by atoms with Crippen LogP contribution in [0.5, 0.6) is 0 Å². The van der Waals surface area contributed by atoms with Gasteiger partial charge in [-0.3, -0.25) is 96.3 Å². The maximum absolute atomic E-state index is 15.0. The third kappa shape index (κ3) is 37.3. The van der Waals surface area contributed by atoms with Crippen LogP contribution in [0, 0.1) is 11.8 Å². The number of guanidine groups is 2. The molecule has 0 aliphatic carbocycles. The highest BCUT2D eigenvalue weighted by Crippen LogP contribution is 2.21. The summed E-state index contributed by atoms with van der Waals surface area (Å²) in [6.07, 6.45) is -3.16. The van der Waals surface area contributed by atoms with Gasteiger partial charge in [0.15, 0.2) is 11.9 Å². The molecule has 0 aliphatic heterocycles. The molecule has 1 aromatic heterocycles. The Kier molecular flexibility index (Phi) is 43.5. The number of aromatic nitrogens is 1. The molecule has 0 radical (unpaired) electrons. The summed E-state index contributed by atoms with van der Waals surface area (Å²) in [5, 5.41) is 53.0. The van der Waals surface area contributed by atoms with E-state index in [-0.39, 0.29) is 88.0 Å². The van der Waals surface area contributed by atoms with Gasteiger partial charge in [-0.15, -0.1) is 0 Å². The van der Waals surface area contributed by atoms with Crippen molar-refractivity contribution in [2.75, 3.05) is 25.1 Å².